The van der Waals surface area contributed by atoms with Gasteiger partial charge in [-0.2, -0.15) is 4.98 Å². The molecule has 4 rings (SSSR count). The van der Waals surface area contributed by atoms with E-state index in [-0.39, 0.29) is 17.9 Å². The van der Waals surface area contributed by atoms with Gasteiger partial charge in [-0.15, -0.1) is 0 Å². The van der Waals surface area contributed by atoms with E-state index in [1.165, 1.54) is 27.7 Å². The lowest BCUT2D eigenvalue weighted by Crippen LogP contribution is -2.40. The van der Waals surface area contributed by atoms with Crippen LogP contribution in [0.3, 0.4) is 0 Å². The summed E-state index contributed by atoms with van der Waals surface area (Å²) in [5, 5.41) is 0. The molecule has 7 nitrogen and oxygen atoms in total. The Bertz CT molecular complexity index is 1140. The fraction of sp³-hybridized carbons (Fsp3) is 0.450. The van der Waals surface area contributed by atoms with E-state index in [1.807, 2.05) is 7.05 Å². The van der Waals surface area contributed by atoms with Gasteiger partial charge in [0, 0.05) is 27.2 Å². The van der Waals surface area contributed by atoms with E-state index in [9.17, 15) is 14.0 Å². The van der Waals surface area contributed by atoms with Crippen LogP contribution in [-0.2, 0) is 20.6 Å². The molecular weight excluding hydrogens is 361 g/mol. The lowest BCUT2D eigenvalue weighted by Gasteiger charge is -2.31. The summed E-state index contributed by atoms with van der Waals surface area (Å²) >= 11 is 0. The number of hydrogen-bond donors (Lipinski definition) is 0. The third kappa shape index (κ3) is 3.02. The first-order valence-electron chi connectivity index (χ1n) is 9.52. The van der Waals surface area contributed by atoms with Crippen LogP contribution in [0.1, 0.15) is 25.3 Å². The first kappa shape index (κ1) is 18.5. The number of benzene rings is 1. The lowest BCUT2D eigenvalue weighted by atomic mass is 10.0. The number of anilines is 1. The summed E-state index contributed by atoms with van der Waals surface area (Å²) in [5.41, 5.74) is 0.665. The molecule has 0 bridgehead atoms. The van der Waals surface area contributed by atoms with Crippen molar-refractivity contribution in [2.24, 2.45) is 20.0 Å². The van der Waals surface area contributed by atoms with Crippen LogP contribution < -0.4 is 16.1 Å². The van der Waals surface area contributed by atoms with E-state index in [0.29, 0.717) is 28.6 Å². The number of imidazole rings is 1. The smallest absolute Gasteiger partial charge is 0.332 e. The standard InChI is InChI=1S/C20H24FN5O2/c1-13-5-4-10-25(11-13)19-22-17-16(23(19)2)18(27)26(20(28)24(17)3)12-14-6-8-15(21)9-7-14/h6-9,13H,4-5,10-12H2,1-3H3. The molecule has 3 heterocycles. The summed E-state index contributed by atoms with van der Waals surface area (Å²) in [6.07, 6.45) is 2.27. The van der Waals surface area contributed by atoms with Gasteiger partial charge >= 0.3 is 5.69 Å². The molecule has 0 amide bonds. The van der Waals surface area contributed by atoms with Gasteiger partial charge in [-0.05, 0) is 36.5 Å². The molecule has 0 saturated carbocycles. The Hall–Kier alpha value is -2.90. The molecule has 1 fully saturated rings. The van der Waals surface area contributed by atoms with Gasteiger partial charge in [0.1, 0.15) is 5.82 Å². The Morgan fingerprint density at radius 3 is 2.54 bits per heavy atom. The maximum atomic E-state index is 13.2. The molecule has 28 heavy (non-hydrogen) atoms. The number of aromatic nitrogens is 4. The number of aryl methyl sites for hydroxylation is 2. The second kappa shape index (κ2) is 6.92. The summed E-state index contributed by atoms with van der Waals surface area (Å²) in [7, 11) is 3.44. The van der Waals surface area contributed by atoms with E-state index in [1.54, 1.807) is 23.7 Å². The summed E-state index contributed by atoms with van der Waals surface area (Å²) < 4.78 is 17.5. The molecule has 1 unspecified atom stereocenters. The van der Waals surface area contributed by atoms with Gasteiger partial charge < -0.3 is 9.47 Å². The van der Waals surface area contributed by atoms with Gasteiger partial charge in [0.15, 0.2) is 11.2 Å². The van der Waals surface area contributed by atoms with Crippen LogP contribution in [0.5, 0.6) is 0 Å². The zero-order valence-electron chi connectivity index (χ0n) is 16.4. The van der Waals surface area contributed by atoms with E-state index in [4.69, 9.17) is 0 Å². The molecule has 1 aromatic carbocycles. The van der Waals surface area contributed by atoms with Crippen LogP contribution in [0.25, 0.3) is 11.2 Å². The van der Waals surface area contributed by atoms with Crippen molar-refractivity contribution in [3.05, 3.63) is 56.5 Å². The fourth-order valence-electron chi connectivity index (χ4n) is 4.00. The number of nitrogens with zero attached hydrogens (tertiary/aromatic N) is 5. The fourth-order valence-corrected chi connectivity index (χ4v) is 4.00. The van der Waals surface area contributed by atoms with E-state index in [2.05, 4.69) is 16.8 Å². The minimum absolute atomic E-state index is 0.0863. The van der Waals surface area contributed by atoms with Crippen molar-refractivity contribution in [2.75, 3.05) is 18.0 Å². The average molecular weight is 385 g/mol. The molecule has 3 aromatic rings. The summed E-state index contributed by atoms with van der Waals surface area (Å²) in [6.45, 7) is 4.07. The van der Waals surface area contributed by atoms with Crippen molar-refractivity contribution in [2.45, 2.75) is 26.3 Å². The predicted octanol–water partition coefficient (Wildman–Crippen LogP) is 1.86. The quantitative estimate of drug-likeness (QED) is 0.690. The average Bonchev–Trinajstić information content (AvgIpc) is 3.02. The zero-order chi connectivity index (χ0) is 20.0. The first-order chi connectivity index (χ1) is 13.4. The van der Waals surface area contributed by atoms with E-state index in [0.717, 1.165) is 19.5 Å². The van der Waals surface area contributed by atoms with Crippen molar-refractivity contribution in [3.63, 3.8) is 0 Å². The van der Waals surface area contributed by atoms with E-state index < -0.39 is 5.69 Å². The third-order valence-electron chi connectivity index (χ3n) is 5.53. The molecule has 0 radical (unpaired) electrons. The number of rotatable bonds is 3. The summed E-state index contributed by atoms with van der Waals surface area (Å²) in [4.78, 5) is 32.8. The largest absolute Gasteiger partial charge is 0.342 e. The van der Waals surface area contributed by atoms with E-state index >= 15 is 0 Å². The SMILES string of the molecule is CC1CCCN(c2nc3c(c(=O)n(Cc4ccc(F)cc4)c(=O)n3C)n2C)C1. The molecule has 0 aliphatic carbocycles. The topological polar surface area (TPSA) is 65.1 Å². The maximum Gasteiger partial charge on any atom is 0.332 e. The third-order valence-corrected chi connectivity index (χ3v) is 5.53. The highest BCUT2D eigenvalue weighted by atomic mass is 19.1. The van der Waals surface area contributed by atoms with Gasteiger partial charge in [0.25, 0.3) is 5.56 Å². The highest BCUT2D eigenvalue weighted by Gasteiger charge is 2.24. The second-order valence-electron chi connectivity index (χ2n) is 7.70. The number of fused-ring (bicyclic) bond motifs is 1. The second-order valence-corrected chi connectivity index (χ2v) is 7.70. The molecule has 2 aromatic heterocycles. The van der Waals surface area contributed by atoms with Crippen molar-refractivity contribution in [1.29, 1.82) is 0 Å². The van der Waals surface area contributed by atoms with Crippen molar-refractivity contribution >= 4 is 17.1 Å². The van der Waals surface area contributed by atoms with Gasteiger partial charge in [-0.3, -0.25) is 13.9 Å². The van der Waals surface area contributed by atoms with Crippen molar-refractivity contribution in [1.82, 2.24) is 18.7 Å². The molecule has 0 N–H and O–H groups in total. The Balaban J connectivity index is 1.85. The van der Waals surface area contributed by atoms with Gasteiger partial charge in [0.05, 0.1) is 6.54 Å². The normalized spacial score (nSPS) is 17.4. The first-order valence-corrected chi connectivity index (χ1v) is 9.52. The number of hydrogen-bond acceptors (Lipinski definition) is 4. The molecule has 1 atom stereocenters. The molecule has 1 saturated heterocycles. The van der Waals surface area contributed by atoms with Gasteiger partial charge in [-0.25, -0.2) is 9.18 Å². The Morgan fingerprint density at radius 2 is 1.86 bits per heavy atom. The lowest BCUT2D eigenvalue weighted by molar-refractivity contribution is 0.440. The van der Waals surface area contributed by atoms with Crippen LogP contribution in [-0.4, -0.2) is 31.8 Å². The molecule has 8 heteroatoms. The monoisotopic (exact) mass is 385 g/mol. The highest BCUT2D eigenvalue weighted by molar-refractivity contribution is 5.74. The minimum atomic E-state index is -0.432. The van der Waals surface area contributed by atoms with Crippen LogP contribution in [0.2, 0.25) is 0 Å². The summed E-state index contributed by atoms with van der Waals surface area (Å²) in [6, 6.07) is 5.80. The molecule has 1 aliphatic rings. The van der Waals surface area contributed by atoms with Crippen LogP contribution in [0.4, 0.5) is 10.3 Å². The maximum absolute atomic E-state index is 13.2. The Morgan fingerprint density at radius 1 is 1.14 bits per heavy atom. The van der Waals surface area contributed by atoms with Crippen LogP contribution in [0, 0.1) is 11.7 Å². The Kier molecular flexibility index (Phi) is 4.56. The highest BCUT2D eigenvalue weighted by Crippen LogP contribution is 2.24. The Labute approximate surface area is 161 Å². The molecule has 148 valence electrons. The van der Waals surface area contributed by atoms with Crippen LogP contribution >= 0.6 is 0 Å². The summed E-state index contributed by atoms with van der Waals surface area (Å²) in [5.74, 6) is 0.923. The van der Waals surface area contributed by atoms with Crippen molar-refractivity contribution in [3.8, 4) is 0 Å². The van der Waals surface area contributed by atoms with Gasteiger partial charge in [0.2, 0.25) is 5.95 Å². The number of piperidine rings is 1. The zero-order valence-corrected chi connectivity index (χ0v) is 16.4. The van der Waals surface area contributed by atoms with Crippen molar-refractivity contribution < 1.29 is 4.39 Å². The molecule has 0 spiro atoms. The number of halogens is 1. The van der Waals surface area contributed by atoms with Crippen LogP contribution in [0.15, 0.2) is 33.9 Å². The predicted molar refractivity (Wildman–Crippen MR) is 106 cm³/mol. The van der Waals surface area contributed by atoms with Gasteiger partial charge in [-0.1, -0.05) is 19.1 Å². The molecular formula is C20H24FN5O2. The minimum Gasteiger partial charge on any atom is -0.342 e. The molecule has 1 aliphatic heterocycles.